The van der Waals surface area contributed by atoms with Gasteiger partial charge < -0.3 is 19.5 Å². The van der Waals surface area contributed by atoms with Gasteiger partial charge in [-0.15, -0.1) is 0 Å². The summed E-state index contributed by atoms with van der Waals surface area (Å²) in [5.41, 5.74) is 0.468. The Bertz CT molecular complexity index is 984. The molecule has 2 heterocycles. The Kier molecular flexibility index (Phi) is 5.33. The lowest BCUT2D eigenvalue weighted by Crippen LogP contribution is -2.41. The number of anilines is 1. The van der Waals surface area contributed by atoms with Crippen molar-refractivity contribution < 1.29 is 14.3 Å². The summed E-state index contributed by atoms with van der Waals surface area (Å²) in [6.07, 6.45) is 1.45. The zero-order valence-electron chi connectivity index (χ0n) is 14.8. The summed E-state index contributed by atoms with van der Waals surface area (Å²) in [4.78, 5) is 39.1. The van der Waals surface area contributed by atoms with Crippen molar-refractivity contribution in [1.29, 1.82) is 5.26 Å². The summed E-state index contributed by atoms with van der Waals surface area (Å²) in [6.45, 7) is 1.89. The Labute approximate surface area is 155 Å². The number of aryl methyl sites for hydroxylation is 1. The summed E-state index contributed by atoms with van der Waals surface area (Å²) in [5, 5.41) is 11.5. The van der Waals surface area contributed by atoms with Gasteiger partial charge in [0.1, 0.15) is 5.69 Å². The maximum absolute atomic E-state index is 12.7. The second-order valence-corrected chi connectivity index (χ2v) is 6.11. The number of pyridine rings is 1. The van der Waals surface area contributed by atoms with Crippen LogP contribution in [0.4, 0.5) is 5.69 Å². The third kappa shape index (κ3) is 4.04. The van der Waals surface area contributed by atoms with Gasteiger partial charge in [-0.1, -0.05) is 6.07 Å². The fourth-order valence-electron chi connectivity index (χ4n) is 2.79. The zero-order valence-corrected chi connectivity index (χ0v) is 14.8. The van der Waals surface area contributed by atoms with Gasteiger partial charge in [0.05, 0.1) is 30.4 Å². The van der Waals surface area contributed by atoms with Crippen molar-refractivity contribution in [2.45, 2.75) is 0 Å². The van der Waals surface area contributed by atoms with Gasteiger partial charge in [-0.2, -0.15) is 5.26 Å². The Hall–Kier alpha value is -3.44. The molecule has 0 atom stereocenters. The van der Waals surface area contributed by atoms with Crippen molar-refractivity contribution in [3.63, 3.8) is 0 Å². The van der Waals surface area contributed by atoms with E-state index in [2.05, 4.69) is 5.32 Å². The lowest BCUT2D eigenvalue weighted by molar-refractivity contribution is 0.0302. The first-order chi connectivity index (χ1) is 13.0. The molecule has 3 rings (SSSR count). The number of rotatable bonds is 3. The van der Waals surface area contributed by atoms with Gasteiger partial charge in [0.2, 0.25) is 0 Å². The molecule has 1 N–H and O–H groups in total. The number of carbonyl (C=O) groups excluding carboxylic acids is 2. The monoisotopic (exact) mass is 366 g/mol. The molecule has 2 aromatic rings. The van der Waals surface area contributed by atoms with Crippen LogP contribution >= 0.6 is 0 Å². The predicted octanol–water partition coefficient (Wildman–Crippen LogP) is 0.982. The second kappa shape index (κ2) is 7.85. The van der Waals surface area contributed by atoms with E-state index in [9.17, 15) is 14.4 Å². The third-order valence-electron chi connectivity index (χ3n) is 4.23. The molecule has 1 saturated heterocycles. The van der Waals surface area contributed by atoms with E-state index in [1.807, 2.05) is 6.07 Å². The molecular formula is C19H18N4O4. The van der Waals surface area contributed by atoms with Crippen molar-refractivity contribution in [1.82, 2.24) is 9.47 Å². The molecule has 1 aromatic carbocycles. The largest absolute Gasteiger partial charge is 0.378 e. The van der Waals surface area contributed by atoms with Gasteiger partial charge in [0.25, 0.3) is 17.4 Å². The highest BCUT2D eigenvalue weighted by Crippen LogP contribution is 2.12. The average Bonchev–Trinajstić information content (AvgIpc) is 2.71. The molecule has 8 heteroatoms. The smallest absolute Gasteiger partial charge is 0.274 e. The average molecular weight is 366 g/mol. The van der Waals surface area contributed by atoms with Crippen LogP contribution in [0.15, 0.2) is 41.3 Å². The Balaban J connectivity index is 1.87. The van der Waals surface area contributed by atoms with Crippen LogP contribution in [0.1, 0.15) is 26.3 Å². The molecule has 1 aliphatic rings. The number of morpholine rings is 1. The van der Waals surface area contributed by atoms with E-state index >= 15 is 0 Å². The number of aromatic nitrogens is 1. The van der Waals surface area contributed by atoms with Crippen LogP contribution in [0, 0.1) is 11.3 Å². The molecule has 0 radical (unpaired) electrons. The summed E-state index contributed by atoms with van der Waals surface area (Å²) in [5.74, 6) is -0.754. The van der Waals surface area contributed by atoms with Gasteiger partial charge in [0, 0.05) is 31.9 Å². The number of carbonyl (C=O) groups is 2. The van der Waals surface area contributed by atoms with Crippen LogP contribution in [0.5, 0.6) is 0 Å². The molecule has 1 aliphatic heterocycles. The number of amides is 2. The lowest BCUT2D eigenvalue weighted by Gasteiger charge is -2.27. The number of nitrogens with one attached hydrogen (secondary N) is 1. The highest BCUT2D eigenvalue weighted by Gasteiger charge is 2.21. The molecule has 0 spiro atoms. The van der Waals surface area contributed by atoms with E-state index in [-0.39, 0.29) is 17.2 Å². The first kappa shape index (κ1) is 18.4. The van der Waals surface area contributed by atoms with Gasteiger partial charge in [0.15, 0.2) is 0 Å². The maximum atomic E-state index is 12.7. The van der Waals surface area contributed by atoms with E-state index in [4.69, 9.17) is 10.00 Å². The highest BCUT2D eigenvalue weighted by molar-refractivity contribution is 6.05. The maximum Gasteiger partial charge on any atom is 0.274 e. The van der Waals surface area contributed by atoms with Gasteiger partial charge in [-0.3, -0.25) is 14.4 Å². The SMILES string of the molecule is Cn1cc(C(=O)N2CCOCC2)cc(NC(=O)c2cccc(C#N)c2)c1=O. The summed E-state index contributed by atoms with van der Waals surface area (Å²) < 4.78 is 6.50. The van der Waals surface area contributed by atoms with Crippen molar-refractivity contribution in [2.24, 2.45) is 7.05 Å². The van der Waals surface area contributed by atoms with Crippen LogP contribution < -0.4 is 10.9 Å². The minimum atomic E-state index is -0.528. The Morgan fingerprint density at radius 3 is 2.63 bits per heavy atom. The van der Waals surface area contributed by atoms with E-state index in [1.165, 1.54) is 29.9 Å². The quantitative estimate of drug-likeness (QED) is 0.872. The molecule has 0 bridgehead atoms. The number of ether oxygens (including phenoxy) is 1. The van der Waals surface area contributed by atoms with Gasteiger partial charge >= 0.3 is 0 Å². The molecule has 1 aromatic heterocycles. The molecular weight excluding hydrogens is 348 g/mol. The molecule has 2 amide bonds. The van der Waals surface area contributed by atoms with E-state index in [0.717, 1.165) is 0 Å². The summed E-state index contributed by atoms with van der Waals surface area (Å²) in [7, 11) is 1.52. The van der Waals surface area contributed by atoms with Gasteiger partial charge in [-0.05, 0) is 24.3 Å². The lowest BCUT2D eigenvalue weighted by atomic mass is 10.1. The summed E-state index contributed by atoms with van der Waals surface area (Å²) in [6, 6.07) is 9.49. The topological polar surface area (TPSA) is 104 Å². The first-order valence-corrected chi connectivity index (χ1v) is 8.39. The number of nitrogens with zero attached hydrogens (tertiary/aromatic N) is 3. The fourth-order valence-corrected chi connectivity index (χ4v) is 2.79. The predicted molar refractivity (Wildman–Crippen MR) is 97.5 cm³/mol. The van der Waals surface area contributed by atoms with Crippen LogP contribution in [0.3, 0.4) is 0 Å². The number of hydrogen-bond acceptors (Lipinski definition) is 5. The minimum Gasteiger partial charge on any atom is -0.378 e. The first-order valence-electron chi connectivity index (χ1n) is 8.39. The zero-order chi connectivity index (χ0) is 19.4. The van der Waals surface area contributed by atoms with Crippen molar-refractivity contribution >= 4 is 17.5 Å². The molecule has 0 saturated carbocycles. The van der Waals surface area contributed by atoms with E-state index < -0.39 is 11.5 Å². The molecule has 0 aliphatic carbocycles. The molecule has 8 nitrogen and oxygen atoms in total. The van der Waals surface area contributed by atoms with Gasteiger partial charge in [-0.25, -0.2) is 0 Å². The molecule has 27 heavy (non-hydrogen) atoms. The normalized spacial score (nSPS) is 13.7. The highest BCUT2D eigenvalue weighted by atomic mass is 16.5. The Morgan fingerprint density at radius 1 is 1.19 bits per heavy atom. The van der Waals surface area contributed by atoms with Crippen LogP contribution in [0.2, 0.25) is 0 Å². The summed E-state index contributed by atoms with van der Waals surface area (Å²) >= 11 is 0. The molecule has 1 fully saturated rings. The fraction of sp³-hybridized carbons (Fsp3) is 0.263. The van der Waals surface area contributed by atoms with Crippen LogP contribution in [0.25, 0.3) is 0 Å². The van der Waals surface area contributed by atoms with Crippen LogP contribution in [-0.4, -0.2) is 47.6 Å². The number of nitriles is 1. The standard InChI is InChI=1S/C19H18N4O4/c1-22-12-15(18(25)23-5-7-27-8-6-23)10-16(19(22)26)21-17(24)14-4-2-3-13(9-14)11-20/h2-4,9-10,12H,5-8H2,1H3,(H,21,24). The van der Waals surface area contributed by atoms with Crippen molar-refractivity contribution in [3.05, 3.63) is 63.6 Å². The molecule has 138 valence electrons. The number of hydrogen-bond donors (Lipinski definition) is 1. The second-order valence-electron chi connectivity index (χ2n) is 6.11. The van der Waals surface area contributed by atoms with Crippen molar-refractivity contribution in [2.75, 3.05) is 31.6 Å². The molecule has 0 unspecified atom stereocenters. The minimum absolute atomic E-state index is 0.00368. The van der Waals surface area contributed by atoms with E-state index in [1.54, 1.807) is 23.1 Å². The van der Waals surface area contributed by atoms with Crippen LogP contribution in [-0.2, 0) is 11.8 Å². The Morgan fingerprint density at radius 2 is 1.93 bits per heavy atom. The van der Waals surface area contributed by atoms with E-state index in [0.29, 0.717) is 37.4 Å². The number of benzene rings is 1. The third-order valence-corrected chi connectivity index (χ3v) is 4.23. The van der Waals surface area contributed by atoms with Crippen molar-refractivity contribution in [3.8, 4) is 6.07 Å².